The number of benzene rings is 2. The fraction of sp³-hybridized carbons (Fsp3) is 0.419. The third kappa shape index (κ3) is 7.17. The minimum Gasteiger partial charge on any atom is -0.478 e. The van der Waals surface area contributed by atoms with E-state index in [0.717, 1.165) is 38.0 Å². The molecule has 3 rings (SSSR count). The Hall–Kier alpha value is -3.18. The Morgan fingerprint density at radius 2 is 1.53 bits per heavy atom. The first-order chi connectivity index (χ1) is 17.5. The lowest BCUT2D eigenvalue weighted by atomic mass is 9.97. The summed E-state index contributed by atoms with van der Waals surface area (Å²) in [4.78, 5) is 27.6. The van der Waals surface area contributed by atoms with E-state index in [1.54, 1.807) is 12.1 Å². The van der Waals surface area contributed by atoms with Crippen molar-refractivity contribution in [3.05, 3.63) is 76.6 Å². The molecule has 3 aromatic rings. The largest absolute Gasteiger partial charge is 0.478 e. The predicted octanol–water partition coefficient (Wildman–Crippen LogP) is 7.62. The Labute approximate surface area is 214 Å². The molecular formula is C31H39NO4. The first-order valence-corrected chi connectivity index (χ1v) is 13.3. The highest BCUT2D eigenvalue weighted by atomic mass is 16.4. The molecule has 0 saturated carbocycles. The van der Waals surface area contributed by atoms with Gasteiger partial charge in [-0.05, 0) is 56.1 Å². The van der Waals surface area contributed by atoms with Crippen LogP contribution in [0.25, 0.3) is 17.0 Å². The number of aromatic carboxylic acids is 1. The summed E-state index contributed by atoms with van der Waals surface area (Å²) in [7, 11) is 0. The SMILES string of the molecule is CCCCc1oc2ccc(C(=O)O)cc2c1C(=O)c1ccc(C=CCN(CCCC)CCCC)cc1. The molecule has 0 atom stereocenters. The molecule has 0 spiro atoms. The van der Waals surface area contributed by atoms with Gasteiger partial charge in [0.2, 0.25) is 0 Å². The molecule has 0 saturated heterocycles. The van der Waals surface area contributed by atoms with Gasteiger partial charge < -0.3 is 9.52 Å². The summed E-state index contributed by atoms with van der Waals surface area (Å²) in [5.74, 6) is -0.531. The van der Waals surface area contributed by atoms with Crippen molar-refractivity contribution < 1.29 is 19.1 Å². The summed E-state index contributed by atoms with van der Waals surface area (Å²) < 4.78 is 6.00. The highest BCUT2D eigenvalue weighted by Crippen LogP contribution is 2.30. The molecule has 0 radical (unpaired) electrons. The first kappa shape index (κ1) is 27.4. The van der Waals surface area contributed by atoms with Gasteiger partial charge in [-0.15, -0.1) is 0 Å². The number of ketones is 1. The van der Waals surface area contributed by atoms with Crippen molar-refractivity contribution >= 4 is 28.8 Å². The van der Waals surface area contributed by atoms with E-state index < -0.39 is 5.97 Å². The highest BCUT2D eigenvalue weighted by molar-refractivity contribution is 6.17. The van der Waals surface area contributed by atoms with Gasteiger partial charge >= 0.3 is 5.97 Å². The number of nitrogens with zero attached hydrogens (tertiary/aromatic N) is 1. The number of carboxylic acids is 1. The van der Waals surface area contributed by atoms with E-state index >= 15 is 0 Å². The van der Waals surface area contributed by atoms with Crippen molar-refractivity contribution in [2.45, 2.75) is 65.7 Å². The molecule has 1 N–H and O–H groups in total. The fourth-order valence-electron chi connectivity index (χ4n) is 4.33. The number of furan rings is 1. The third-order valence-corrected chi connectivity index (χ3v) is 6.49. The number of carbonyl (C=O) groups is 2. The number of aryl methyl sites for hydroxylation is 1. The lowest BCUT2D eigenvalue weighted by Gasteiger charge is -2.19. The van der Waals surface area contributed by atoms with Gasteiger partial charge in [0.25, 0.3) is 0 Å². The summed E-state index contributed by atoms with van der Waals surface area (Å²) in [5.41, 5.74) is 2.79. The van der Waals surface area contributed by atoms with E-state index in [9.17, 15) is 14.7 Å². The van der Waals surface area contributed by atoms with Crippen molar-refractivity contribution in [3.8, 4) is 0 Å². The molecule has 0 aliphatic carbocycles. The zero-order valence-corrected chi connectivity index (χ0v) is 21.9. The van der Waals surface area contributed by atoms with Crippen LogP contribution in [0, 0.1) is 0 Å². The quantitative estimate of drug-likeness (QED) is 0.222. The fourth-order valence-corrected chi connectivity index (χ4v) is 4.33. The first-order valence-electron chi connectivity index (χ1n) is 13.3. The summed E-state index contributed by atoms with van der Waals surface area (Å²) in [6.45, 7) is 9.70. The van der Waals surface area contributed by atoms with Crippen LogP contribution in [-0.2, 0) is 6.42 Å². The molecule has 0 fully saturated rings. The van der Waals surface area contributed by atoms with Gasteiger partial charge in [0.15, 0.2) is 5.78 Å². The molecule has 192 valence electrons. The van der Waals surface area contributed by atoms with Crippen molar-refractivity contribution in [2.24, 2.45) is 0 Å². The Morgan fingerprint density at radius 1 is 0.889 bits per heavy atom. The number of fused-ring (bicyclic) bond motifs is 1. The van der Waals surface area contributed by atoms with Crippen LogP contribution in [-0.4, -0.2) is 41.4 Å². The topological polar surface area (TPSA) is 70.7 Å². The van der Waals surface area contributed by atoms with Crippen LogP contribution in [0.3, 0.4) is 0 Å². The van der Waals surface area contributed by atoms with Crippen molar-refractivity contribution in [3.63, 3.8) is 0 Å². The molecule has 2 aromatic carbocycles. The van der Waals surface area contributed by atoms with Crippen LogP contribution in [0.15, 0.2) is 53.0 Å². The Bertz CT molecular complexity index is 1170. The average Bonchev–Trinajstić information content (AvgIpc) is 3.26. The molecule has 5 heteroatoms. The molecule has 1 aromatic heterocycles. The maximum Gasteiger partial charge on any atom is 0.335 e. The summed E-state index contributed by atoms with van der Waals surface area (Å²) in [6.07, 6.45) is 11.6. The maximum absolute atomic E-state index is 13.6. The van der Waals surface area contributed by atoms with Crippen LogP contribution in [0.4, 0.5) is 0 Å². The molecule has 1 heterocycles. The summed E-state index contributed by atoms with van der Waals surface area (Å²) >= 11 is 0. The zero-order valence-electron chi connectivity index (χ0n) is 21.9. The van der Waals surface area contributed by atoms with Gasteiger partial charge in [0.05, 0.1) is 11.1 Å². The van der Waals surface area contributed by atoms with Crippen LogP contribution >= 0.6 is 0 Å². The molecule has 0 aliphatic rings. The summed E-state index contributed by atoms with van der Waals surface area (Å²) in [5, 5.41) is 10.00. The maximum atomic E-state index is 13.6. The second kappa shape index (κ2) is 13.8. The van der Waals surface area contributed by atoms with E-state index in [2.05, 4.69) is 37.8 Å². The molecule has 0 unspecified atom stereocenters. The van der Waals surface area contributed by atoms with Gasteiger partial charge in [0.1, 0.15) is 11.3 Å². The monoisotopic (exact) mass is 489 g/mol. The molecule has 36 heavy (non-hydrogen) atoms. The highest BCUT2D eigenvalue weighted by Gasteiger charge is 2.22. The van der Waals surface area contributed by atoms with Gasteiger partial charge in [-0.3, -0.25) is 9.69 Å². The molecular weight excluding hydrogens is 450 g/mol. The minimum atomic E-state index is -1.02. The van der Waals surface area contributed by atoms with E-state index in [0.29, 0.717) is 34.3 Å². The normalized spacial score (nSPS) is 11.7. The second-order valence-corrected chi connectivity index (χ2v) is 9.38. The predicted molar refractivity (Wildman–Crippen MR) is 147 cm³/mol. The van der Waals surface area contributed by atoms with Crippen molar-refractivity contribution in [2.75, 3.05) is 19.6 Å². The van der Waals surface area contributed by atoms with Crippen molar-refractivity contribution in [1.29, 1.82) is 0 Å². The molecule has 0 amide bonds. The van der Waals surface area contributed by atoms with E-state index in [-0.39, 0.29) is 11.3 Å². The lowest BCUT2D eigenvalue weighted by molar-refractivity contribution is 0.0696. The average molecular weight is 490 g/mol. The number of hydrogen-bond acceptors (Lipinski definition) is 4. The van der Waals surface area contributed by atoms with Crippen LogP contribution in [0.1, 0.15) is 96.9 Å². The zero-order chi connectivity index (χ0) is 25.9. The van der Waals surface area contributed by atoms with E-state index in [4.69, 9.17) is 4.42 Å². The van der Waals surface area contributed by atoms with Gasteiger partial charge in [-0.2, -0.15) is 0 Å². The van der Waals surface area contributed by atoms with Crippen molar-refractivity contribution in [1.82, 2.24) is 4.90 Å². The standard InChI is InChI=1S/C31H39NO4/c1-4-7-12-28-29(26-22-25(31(34)35)17-18-27(26)36-28)30(33)24-15-13-23(14-16-24)11-10-21-32(19-8-5-2)20-9-6-3/h10-11,13-18,22H,4-9,12,19-21H2,1-3H3,(H,34,35). The third-order valence-electron chi connectivity index (χ3n) is 6.49. The molecule has 0 aliphatic heterocycles. The van der Waals surface area contributed by atoms with Crippen LogP contribution in [0.2, 0.25) is 0 Å². The van der Waals surface area contributed by atoms with Gasteiger partial charge in [0, 0.05) is 23.9 Å². The van der Waals surface area contributed by atoms with Gasteiger partial charge in [-0.1, -0.05) is 76.5 Å². The minimum absolute atomic E-state index is 0.136. The molecule has 0 bridgehead atoms. The number of hydrogen-bond donors (Lipinski definition) is 1. The number of carboxylic acid groups (broad SMARTS) is 1. The van der Waals surface area contributed by atoms with E-state index in [1.165, 1.54) is 31.7 Å². The number of unbranched alkanes of at least 4 members (excludes halogenated alkanes) is 3. The van der Waals surface area contributed by atoms with Crippen LogP contribution < -0.4 is 0 Å². The van der Waals surface area contributed by atoms with Crippen LogP contribution in [0.5, 0.6) is 0 Å². The Balaban J connectivity index is 1.80. The second-order valence-electron chi connectivity index (χ2n) is 9.38. The van der Waals surface area contributed by atoms with E-state index in [1.807, 2.05) is 24.3 Å². The Kier molecular flexibility index (Phi) is 10.5. The Morgan fingerprint density at radius 3 is 2.14 bits per heavy atom. The summed E-state index contributed by atoms with van der Waals surface area (Å²) in [6, 6.07) is 12.3. The lowest BCUT2D eigenvalue weighted by Crippen LogP contribution is -2.26. The number of rotatable bonds is 15. The molecule has 5 nitrogen and oxygen atoms in total. The van der Waals surface area contributed by atoms with Gasteiger partial charge in [-0.25, -0.2) is 4.79 Å². The smallest absolute Gasteiger partial charge is 0.335 e. The number of carbonyl (C=O) groups excluding carboxylic acids is 1.